The summed E-state index contributed by atoms with van der Waals surface area (Å²) in [7, 11) is -3.07. The Hall–Kier alpha value is -2.13. The van der Waals surface area contributed by atoms with Crippen LogP contribution in [0.3, 0.4) is 0 Å². The summed E-state index contributed by atoms with van der Waals surface area (Å²) in [6.45, 7) is 2.90. The van der Waals surface area contributed by atoms with Gasteiger partial charge in [-0.3, -0.25) is 9.69 Å². The van der Waals surface area contributed by atoms with E-state index in [1.807, 2.05) is 18.2 Å². The number of hydrogen-bond donors (Lipinski definition) is 1. The predicted molar refractivity (Wildman–Crippen MR) is 128 cm³/mol. The Morgan fingerprint density at radius 2 is 1.85 bits per heavy atom. The van der Waals surface area contributed by atoms with Crippen molar-refractivity contribution in [3.05, 3.63) is 35.4 Å². The van der Waals surface area contributed by atoms with Crippen molar-refractivity contribution in [1.82, 2.24) is 9.80 Å². The van der Waals surface area contributed by atoms with E-state index in [-0.39, 0.29) is 41.9 Å². The minimum atomic E-state index is -3.07. The molecule has 9 heteroatoms. The minimum Gasteiger partial charge on any atom is -0.384 e. The molecule has 1 aliphatic carbocycles. The second-order valence-electron chi connectivity index (χ2n) is 9.58. The van der Waals surface area contributed by atoms with Crippen LogP contribution in [-0.2, 0) is 26.0 Å². The molecule has 2 N–H and O–H groups in total. The summed E-state index contributed by atoms with van der Waals surface area (Å²) < 4.78 is 24.0. The Labute approximate surface area is 197 Å². The van der Waals surface area contributed by atoms with Gasteiger partial charge >= 0.3 is 0 Å². The van der Waals surface area contributed by atoms with Gasteiger partial charge in [0.1, 0.15) is 0 Å². The Morgan fingerprint density at radius 1 is 1.09 bits per heavy atom. The van der Waals surface area contributed by atoms with Gasteiger partial charge in [-0.05, 0) is 56.8 Å². The number of piperidine rings is 1. The third-order valence-corrected chi connectivity index (χ3v) is 8.79. The number of likely N-dealkylation sites (tertiary alicyclic amines) is 1. The molecule has 0 bridgehead atoms. The Balaban J connectivity index is 1.35. The number of amidine groups is 1. The van der Waals surface area contributed by atoms with Gasteiger partial charge in [0.2, 0.25) is 0 Å². The molecule has 1 amide bonds. The van der Waals surface area contributed by atoms with Crippen LogP contribution in [0.5, 0.6) is 0 Å². The number of sulfone groups is 1. The highest BCUT2D eigenvalue weighted by molar-refractivity contribution is 7.91. The van der Waals surface area contributed by atoms with E-state index in [1.165, 1.54) is 24.8 Å². The van der Waals surface area contributed by atoms with Crippen molar-refractivity contribution in [2.75, 3.05) is 31.2 Å². The molecule has 2 saturated heterocycles. The van der Waals surface area contributed by atoms with Crippen LogP contribution in [-0.4, -0.2) is 73.2 Å². The van der Waals surface area contributed by atoms with Crippen molar-refractivity contribution >= 4 is 21.6 Å². The average molecular weight is 477 g/mol. The number of benzene rings is 1. The monoisotopic (exact) mass is 476 g/mol. The van der Waals surface area contributed by atoms with Crippen molar-refractivity contribution in [1.29, 1.82) is 0 Å². The van der Waals surface area contributed by atoms with Crippen molar-refractivity contribution in [2.45, 2.75) is 70.0 Å². The fraction of sp³-hybridized carbons (Fsp3) is 0.667. The van der Waals surface area contributed by atoms with Gasteiger partial charge < -0.3 is 15.5 Å². The number of nitrogens with two attached hydrogens (primary N) is 1. The summed E-state index contributed by atoms with van der Waals surface area (Å²) in [5.74, 6) is 0.219. The van der Waals surface area contributed by atoms with Crippen LogP contribution in [0.1, 0.15) is 62.5 Å². The molecule has 0 aromatic heterocycles. The quantitative estimate of drug-likeness (QED) is 0.351. The Kier molecular flexibility index (Phi) is 7.90. The van der Waals surface area contributed by atoms with Gasteiger partial charge in [0.15, 0.2) is 22.3 Å². The fourth-order valence-corrected chi connectivity index (χ4v) is 7.08. The Morgan fingerprint density at radius 3 is 2.55 bits per heavy atom. The number of hydrogen-bond acceptors (Lipinski definition) is 6. The van der Waals surface area contributed by atoms with Gasteiger partial charge in [0, 0.05) is 24.2 Å². The number of oxime groups is 1. The van der Waals surface area contributed by atoms with Crippen molar-refractivity contribution in [3.8, 4) is 0 Å². The average Bonchev–Trinajstić information content (AvgIpc) is 3.45. The van der Waals surface area contributed by atoms with Crippen LogP contribution < -0.4 is 5.73 Å². The number of rotatable bonds is 8. The van der Waals surface area contributed by atoms with Crippen molar-refractivity contribution in [3.63, 3.8) is 0 Å². The lowest BCUT2D eigenvalue weighted by atomic mass is 10.1. The third kappa shape index (κ3) is 6.47. The molecule has 1 aromatic carbocycles. The predicted octanol–water partition coefficient (Wildman–Crippen LogP) is 2.27. The van der Waals surface area contributed by atoms with E-state index in [0.717, 1.165) is 50.9 Å². The molecule has 1 saturated carbocycles. The van der Waals surface area contributed by atoms with Crippen LogP contribution in [0.2, 0.25) is 0 Å². The van der Waals surface area contributed by atoms with E-state index in [4.69, 9.17) is 10.6 Å². The SMILES string of the molecule is NC(=NOCC(=O)N(C1CCCC1)C1CCS(=O)(=O)C1)c1cccc(CN2CCCCC2)c1. The van der Waals surface area contributed by atoms with E-state index in [1.54, 1.807) is 4.90 Å². The van der Waals surface area contributed by atoms with E-state index < -0.39 is 9.84 Å². The van der Waals surface area contributed by atoms with E-state index in [2.05, 4.69) is 16.1 Å². The topological polar surface area (TPSA) is 105 Å². The number of nitrogens with zero attached hydrogens (tertiary/aromatic N) is 3. The smallest absolute Gasteiger partial charge is 0.263 e. The molecule has 4 rings (SSSR count). The molecular weight excluding hydrogens is 440 g/mol. The Bertz CT molecular complexity index is 953. The molecule has 1 aromatic rings. The lowest BCUT2D eigenvalue weighted by Gasteiger charge is -2.33. The number of amides is 1. The highest BCUT2D eigenvalue weighted by Crippen LogP contribution is 2.29. The highest BCUT2D eigenvalue weighted by Gasteiger charge is 2.39. The lowest BCUT2D eigenvalue weighted by Crippen LogP contribution is -2.48. The molecule has 0 radical (unpaired) electrons. The molecule has 3 fully saturated rings. The number of carbonyl (C=O) groups excluding carboxylic acids is 1. The summed E-state index contributed by atoms with van der Waals surface area (Å²) >= 11 is 0. The summed E-state index contributed by atoms with van der Waals surface area (Å²) in [6, 6.07) is 7.79. The van der Waals surface area contributed by atoms with Gasteiger partial charge in [-0.15, -0.1) is 0 Å². The summed E-state index contributed by atoms with van der Waals surface area (Å²) in [5, 5.41) is 4.00. The van der Waals surface area contributed by atoms with Crippen molar-refractivity contribution in [2.24, 2.45) is 10.9 Å². The zero-order chi connectivity index (χ0) is 23.3. The first-order valence-electron chi connectivity index (χ1n) is 12.2. The first kappa shape index (κ1) is 24.0. The first-order valence-corrected chi connectivity index (χ1v) is 14.0. The van der Waals surface area contributed by atoms with Gasteiger partial charge in [0.05, 0.1) is 11.5 Å². The zero-order valence-electron chi connectivity index (χ0n) is 19.3. The van der Waals surface area contributed by atoms with Gasteiger partial charge in [-0.25, -0.2) is 8.42 Å². The molecule has 2 heterocycles. The third-order valence-electron chi connectivity index (χ3n) is 7.04. The van der Waals surface area contributed by atoms with E-state index in [9.17, 15) is 13.2 Å². The highest BCUT2D eigenvalue weighted by atomic mass is 32.2. The largest absolute Gasteiger partial charge is 0.384 e. The minimum absolute atomic E-state index is 0.0461. The maximum atomic E-state index is 13.0. The first-order chi connectivity index (χ1) is 15.9. The summed E-state index contributed by atoms with van der Waals surface area (Å²) in [4.78, 5) is 22.6. The summed E-state index contributed by atoms with van der Waals surface area (Å²) in [6.07, 6.45) is 8.25. The number of carbonyl (C=O) groups is 1. The molecule has 2 aliphatic heterocycles. The molecule has 3 aliphatic rings. The second kappa shape index (κ2) is 10.9. The zero-order valence-corrected chi connectivity index (χ0v) is 20.1. The molecule has 0 spiro atoms. The van der Waals surface area contributed by atoms with Crippen LogP contribution in [0.15, 0.2) is 29.4 Å². The van der Waals surface area contributed by atoms with Gasteiger partial charge in [0.25, 0.3) is 5.91 Å². The molecule has 1 atom stereocenters. The van der Waals surface area contributed by atoms with Crippen LogP contribution >= 0.6 is 0 Å². The lowest BCUT2D eigenvalue weighted by molar-refractivity contribution is -0.140. The standard InChI is InChI=1S/C24H36N4O4S/c25-24(20-8-6-7-19(15-20)16-27-12-4-1-5-13-27)26-32-17-23(29)28(21-9-2-3-10-21)22-11-14-33(30,31)18-22/h6-8,15,21-22H,1-5,9-14,16-18H2,(H2,25,26). The van der Waals surface area contributed by atoms with E-state index >= 15 is 0 Å². The van der Waals surface area contributed by atoms with Crippen LogP contribution in [0, 0.1) is 0 Å². The van der Waals surface area contributed by atoms with E-state index in [0.29, 0.717) is 6.42 Å². The maximum Gasteiger partial charge on any atom is 0.263 e. The fourth-order valence-electron chi connectivity index (χ4n) is 5.37. The van der Waals surface area contributed by atoms with Crippen molar-refractivity contribution < 1.29 is 18.0 Å². The molecule has 8 nitrogen and oxygen atoms in total. The normalized spacial score (nSPS) is 24.1. The molecule has 33 heavy (non-hydrogen) atoms. The van der Waals surface area contributed by atoms with Crippen LogP contribution in [0.25, 0.3) is 0 Å². The molecule has 1 unspecified atom stereocenters. The second-order valence-corrected chi connectivity index (χ2v) is 11.8. The van der Waals surface area contributed by atoms with Gasteiger partial charge in [-0.2, -0.15) is 0 Å². The summed E-state index contributed by atoms with van der Waals surface area (Å²) in [5.41, 5.74) is 8.10. The van der Waals surface area contributed by atoms with Gasteiger partial charge in [-0.1, -0.05) is 42.6 Å². The molecule has 182 valence electrons. The maximum absolute atomic E-state index is 13.0. The molecular formula is C24H36N4O4S. The van der Waals surface area contributed by atoms with Crippen LogP contribution in [0.4, 0.5) is 0 Å².